The first-order valence-electron chi connectivity index (χ1n) is 11.8. The van der Waals surface area contributed by atoms with Gasteiger partial charge in [-0.05, 0) is 68.7 Å². The zero-order valence-corrected chi connectivity index (χ0v) is 19.6. The molecule has 32 heavy (non-hydrogen) atoms. The van der Waals surface area contributed by atoms with Crippen LogP contribution in [0.1, 0.15) is 64.1 Å². The molecule has 2 atom stereocenters. The van der Waals surface area contributed by atoms with E-state index in [1.807, 2.05) is 12.1 Å². The first-order chi connectivity index (χ1) is 15.4. The predicted molar refractivity (Wildman–Crippen MR) is 127 cm³/mol. The smallest absolute Gasteiger partial charge is 0.225 e. The molecule has 1 fully saturated rings. The molecule has 0 spiro atoms. The Labute approximate surface area is 191 Å². The molecule has 3 rings (SSSR count). The SMILES string of the molecule is CC(C)CCC(C)NCC1(N=O)CCCN(c2nccc(Cc3cccc(F)c3)n2)CC1. The molecule has 0 amide bonds. The average molecular weight is 442 g/mol. The maximum atomic E-state index is 13.5. The Kier molecular flexibility index (Phi) is 8.67. The van der Waals surface area contributed by atoms with E-state index in [9.17, 15) is 9.30 Å². The minimum absolute atomic E-state index is 0.242. The number of benzene rings is 1. The van der Waals surface area contributed by atoms with Crippen LogP contribution in [-0.2, 0) is 6.42 Å². The summed E-state index contributed by atoms with van der Waals surface area (Å²) in [5.74, 6) is 1.11. The molecule has 1 aromatic heterocycles. The summed E-state index contributed by atoms with van der Waals surface area (Å²) in [5, 5.41) is 7.15. The van der Waals surface area contributed by atoms with Gasteiger partial charge in [-0.2, -0.15) is 4.91 Å². The highest BCUT2D eigenvalue weighted by Gasteiger charge is 2.35. The Balaban J connectivity index is 1.60. The van der Waals surface area contributed by atoms with E-state index in [0.29, 0.717) is 43.8 Å². The molecule has 6 nitrogen and oxygen atoms in total. The van der Waals surface area contributed by atoms with E-state index >= 15 is 0 Å². The number of hydrogen-bond acceptors (Lipinski definition) is 6. The number of aromatic nitrogens is 2. The highest BCUT2D eigenvalue weighted by molar-refractivity contribution is 5.32. The number of nitrogens with zero attached hydrogens (tertiary/aromatic N) is 4. The number of nitroso groups, excluding NO2 is 1. The normalized spacial score (nSPS) is 20.2. The molecule has 1 aromatic carbocycles. The summed E-state index contributed by atoms with van der Waals surface area (Å²) in [7, 11) is 0. The molecule has 2 unspecified atom stereocenters. The number of hydrogen-bond donors (Lipinski definition) is 1. The van der Waals surface area contributed by atoms with Crippen LogP contribution in [0.2, 0.25) is 0 Å². The van der Waals surface area contributed by atoms with Gasteiger partial charge >= 0.3 is 0 Å². The Morgan fingerprint density at radius 3 is 2.78 bits per heavy atom. The first-order valence-corrected chi connectivity index (χ1v) is 11.8. The van der Waals surface area contributed by atoms with Gasteiger partial charge in [-0.1, -0.05) is 31.2 Å². The van der Waals surface area contributed by atoms with Crippen molar-refractivity contribution in [2.24, 2.45) is 11.1 Å². The summed E-state index contributed by atoms with van der Waals surface area (Å²) in [5.41, 5.74) is 1.15. The highest BCUT2D eigenvalue weighted by Crippen LogP contribution is 2.28. The van der Waals surface area contributed by atoms with Crippen LogP contribution < -0.4 is 10.2 Å². The molecule has 7 heteroatoms. The molecule has 174 valence electrons. The lowest BCUT2D eigenvalue weighted by Crippen LogP contribution is -2.43. The molecule has 1 saturated heterocycles. The van der Waals surface area contributed by atoms with Crippen molar-refractivity contribution in [2.45, 2.75) is 70.9 Å². The van der Waals surface area contributed by atoms with Crippen LogP contribution in [-0.4, -0.2) is 41.2 Å². The number of rotatable bonds is 10. The van der Waals surface area contributed by atoms with Gasteiger partial charge < -0.3 is 10.2 Å². The van der Waals surface area contributed by atoms with E-state index in [1.165, 1.54) is 18.6 Å². The van der Waals surface area contributed by atoms with E-state index in [0.717, 1.165) is 37.1 Å². The van der Waals surface area contributed by atoms with Crippen LogP contribution in [0.5, 0.6) is 0 Å². The summed E-state index contributed by atoms with van der Waals surface area (Å²) in [6.07, 6.45) is 6.89. The molecular weight excluding hydrogens is 405 g/mol. The van der Waals surface area contributed by atoms with Crippen LogP contribution in [0.25, 0.3) is 0 Å². The van der Waals surface area contributed by atoms with E-state index in [-0.39, 0.29) is 5.82 Å². The summed E-state index contributed by atoms with van der Waals surface area (Å²) >= 11 is 0. The third-order valence-electron chi connectivity index (χ3n) is 6.33. The molecule has 2 aromatic rings. The lowest BCUT2D eigenvalue weighted by Gasteiger charge is -2.27. The summed E-state index contributed by atoms with van der Waals surface area (Å²) < 4.78 is 13.5. The number of halogens is 1. The van der Waals surface area contributed by atoms with E-state index in [1.54, 1.807) is 12.3 Å². The van der Waals surface area contributed by atoms with E-state index < -0.39 is 5.54 Å². The maximum Gasteiger partial charge on any atom is 0.225 e. The van der Waals surface area contributed by atoms with Gasteiger partial charge in [0.1, 0.15) is 11.4 Å². The van der Waals surface area contributed by atoms with Crippen molar-refractivity contribution >= 4 is 5.95 Å². The molecule has 0 bridgehead atoms. The van der Waals surface area contributed by atoms with Crippen molar-refractivity contribution in [2.75, 3.05) is 24.5 Å². The zero-order chi connectivity index (χ0) is 23.0. The predicted octanol–water partition coefficient (Wildman–Crippen LogP) is 5.12. The van der Waals surface area contributed by atoms with Gasteiger partial charge in [0, 0.05) is 38.3 Å². The van der Waals surface area contributed by atoms with Gasteiger partial charge in [0.05, 0.1) is 5.69 Å². The van der Waals surface area contributed by atoms with Gasteiger partial charge in [-0.3, -0.25) is 0 Å². The average Bonchev–Trinajstić information content (AvgIpc) is 3.00. The standard InChI is InChI=1S/C25H36FN5O/c1-19(2)8-9-20(3)28-18-25(30-32)11-5-14-31(15-12-25)24-27-13-10-23(29-24)17-21-6-4-7-22(26)16-21/h4,6-7,10,13,16,19-20,28H,5,8-9,11-12,14-15,17-18H2,1-3H3. The van der Waals surface area contributed by atoms with Gasteiger partial charge in [-0.25, -0.2) is 14.4 Å². The van der Waals surface area contributed by atoms with Gasteiger partial charge in [-0.15, -0.1) is 0 Å². The largest absolute Gasteiger partial charge is 0.341 e. The minimum Gasteiger partial charge on any atom is -0.341 e. The molecule has 1 N–H and O–H groups in total. The fourth-order valence-electron chi connectivity index (χ4n) is 4.22. The van der Waals surface area contributed by atoms with Crippen molar-refractivity contribution < 1.29 is 4.39 Å². The fourth-order valence-corrected chi connectivity index (χ4v) is 4.22. The van der Waals surface area contributed by atoms with Gasteiger partial charge in [0.15, 0.2) is 0 Å². The van der Waals surface area contributed by atoms with Crippen LogP contribution >= 0.6 is 0 Å². The molecule has 2 heterocycles. The second-order valence-electron chi connectivity index (χ2n) is 9.56. The Bertz CT molecular complexity index is 877. The third kappa shape index (κ3) is 7.05. The molecule has 0 radical (unpaired) electrons. The lowest BCUT2D eigenvalue weighted by molar-refractivity contribution is 0.331. The molecule has 1 aliphatic heterocycles. The topological polar surface area (TPSA) is 70.5 Å². The maximum absolute atomic E-state index is 13.5. The highest BCUT2D eigenvalue weighted by atomic mass is 19.1. The lowest BCUT2D eigenvalue weighted by atomic mass is 9.91. The Hall–Kier alpha value is -2.41. The van der Waals surface area contributed by atoms with Crippen molar-refractivity contribution in [3.05, 3.63) is 58.5 Å². The summed E-state index contributed by atoms with van der Waals surface area (Å²) in [6.45, 7) is 8.75. The van der Waals surface area contributed by atoms with Gasteiger partial charge in [0.25, 0.3) is 0 Å². The molecule has 0 saturated carbocycles. The summed E-state index contributed by atoms with van der Waals surface area (Å²) in [4.78, 5) is 23.2. The van der Waals surface area contributed by atoms with Gasteiger partial charge in [0.2, 0.25) is 5.95 Å². The van der Waals surface area contributed by atoms with E-state index in [4.69, 9.17) is 4.98 Å². The first kappa shape index (κ1) is 24.2. The van der Waals surface area contributed by atoms with Crippen LogP contribution in [0.4, 0.5) is 10.3 Å². The zero-order valence-electron chi connectivity index (χ0n) is 19.6. The molecule has 1 aliphatic rings. The van der Waals surface area contributed by atoms with Crippen LogP contribution in [0.15, 0.2) is 41.7 Å². The van der Waals surface area contributed by atoms with Crippen LogP contribution in [0, 0.1) is 16.6 Å². The van der Waals surface area contributed by atoms with Crippen molar-refractivity contribution in [3.63, 3.8) is 0 Å². The fraction of sp³-hybridized carbons (Fsp3) is 0.600. The number of nitrogens with one attached hydrogen (secondary N) is 1. The Morgan fingerprint density at radius 1 is 1.19 bits per heavy atom. The van der Waals surface area contributed by atoms with Crippen molar-refractivity contribution in [1.29, 1.82) is 0 Å². The minimum atomic E-state index is -0.583. The third-order valence-corrected chi connectivity index (χ3v) is 6.33. The second-order valence-corrected chi connectivity index (χ2v) is 9.56. The monoisotopic (exact) mass is 441 g/mol. The number of anilines is 1. The summed E-state index contributed by atoms with van der Waals surface area (Å²) in [6, 6.07) is 8.83. The molecular formula is C25H36FN5O. The van der Waals surface area contributed by atoms with Crippen molar-refractivity contribution in [1.82, 2.24) is 15.3 Å². The van der Waals surface area contributed by atoms with E-state index in [2.05, 4.69) is 41.1 Å². The second kappa shape index (κ2) is 11.5. The Morgan fingerprint density at radius 2 is 2.03 bits per heavy atom. The van der Waals surface area contributed by atoms with Crippen LogP contribution in [0.3, 0.4) is 0 Å². The quantitative estimate of drug-likeness (QED) is 0.519. The van der Waals surface area contributed by atoms with Crippen molar-refractivity contribution in [3.8, 4) is 0 Å². The molecule has 0 aliphatic carbocycles.